The number of quaternary nitrogens is 1. The number of aliphatic hydroxyl groups excluding tert-OH is 1. The van der Waals surface area contributed by atoms with Gasteiger partial charge in [0.05, 0.1) is 22.3 Å². The predicted molar refractivity (Wildman–Crippen MR) is 243 cm³/mol. The zero-order valence-electron chi connectivity index (χ0n) is 34.8. The number of carbonyl (C=O) groups is 1. The van der Waals surface area contributed by atoms with Crippen LogP contribution in [0.3, 0.4) is 0 Å². The highest BCUT2D eigenvalue weighted by Gasteiger charge is 2.29. The number of aromatic amines is 1. The van der Waals surface area contributed by atoms with Crippen molar-refractivity contribution in [2.24, 2.45) is 11.3 Å². The average Bonchev–Trinajstić information content (AvgIpc) is 3.69. The molecule has 0 aliphatic heterocycles. The Morgan fingerprint density at radius 3 is 2.49 bits per heavy atom. The van der Waals surface area contributed by atoms with E-state index in [4.69, 9.17) is 16.3 Å². The van der Waals surface area contributed by atoms with Gasteiger partial charge in [-0.2, -0.15) is 4.81 Å². The summed E-state index contributed by atoms with van der Waals surface area (Å²) in [5.41, 5.74) is 5.72. The molecule has 15 heteroatoms. The van der Waals surface area contributed by atoms with Gasteiger partial charge < -0.3 is 36.0 Å². The minimum Gasteiger partial charge on any atom is -0.593 e. The van der Waals surface area contributed by atoms with E-state index in [2.05, 4.69) is 51.6 Å². The van der Waals surface area contributed by atoms with Gasteiger partial charge in [0.1, 0.15) is 18.5 Å². The second-order valence-corrected chi connectivity index (χ2v) is 19.2. The number of aromatic nitrogens is 1. The van der Waals surface area contributed by atoms with Crippen LogP contribution >= 0.6 is 11.6 Å². The van der Waals surface area contributed by atoms with Crippen molar-refractivity contribution in [3.8, 4) is 11.5 Å². The number of nitrogens with zero attached hydrogens (tertiary/aromatic N) is 1. The fraction of sp³-hybridized carbons (Fsp3) is 0.370. The molecule has 2 aliphatic rings. The van der Waals surface area contributed by atoms with Gasteiger partial charge in [0.2, 0.25) is 0 Å². The summed E-state index contributed by atoms with van der Waals surface area (Å²) in [6.45, 7) is 7.05. The first-order valence-electron chi connectivity index (χ1n) is 20.8. The number of nitrogens with one attached hydrogen (secondary N) is 5. The van der Waals surface area contributed by atoms with Crippen LogP contribution in [0.4, 0.5) is 17.1 Å². The van der Waals surface area contributed by atoms with E-state index in [9.17, 15) is 28.7 Å². The lowest BCUT2D eigenvalue weighted by molar-refractivity contribution is -0.00401. The minimum absolute atomic E-state index is 0.0361. The Bertz CT molecular complexity index is 2490. The molecule has 61 heavy (non-hydrogen) atoms. The number of aliphatic hydroxyl groups is 1. The van der Waals surface area contributed by atoms with E-state index >= 15 is 0 Å². The number of sulfonamides is 1. The van der Waals surface area contributed by atoms with Crippen molar-refractivity contribution in [2.45, 2.75) is 69.8 Å². The van der Waals surface area contributed by atoms with E-state index in [1.165, 1.54) is 34.9 Å². The van der Waals surface area contributed by atoms with Crippen LogP contribution in [0.15, 0.2) is 102 Å². The molecule has 0 radical (unpaired) electrons. The highest BCUT2D eigenvalue weighted by molar-refractivity contribution is 7.90. The molecule has 1 atom stereocenters. The molecule has 1 amide bonds. The van der Waals surface area contributed by atoms with E-state index in [1.54, 1.807) is 18.2 Å². The van der Waals surface area contributed by atoms with Crippen molar-refractivity contribution in [1.82, 2.24) is 19.8 Å². The highest BCUT2D eigenvalue weighted by atomic mass is 35.5. The molecule has 1 fully saturated rings. The molecule has 1 unspecified atom stereocenters. The lowest BCUT2D eigenvalue weighted by atomic mass is 9.72. The maximum atomic E-state index is 13.9. The summed E-state index contributed by atoms with van der Waals surface area (Å²) in [5, 5.41) is 44.9. The van der Waals surface area contributed by atoms with Crippen molar-refractivity contribution in [3.05, 3.63) is 118 Å². The molecule has 7 N–H and O–H groups in total. The van der Waals surface area contributed by atoms with Crippen LogP contribution in [0.5, 0.6) is 11.5 Å². The summed E-state index contributed by atoms with van der Waals surface area (Å²) in [4.78, 5) is 14.7. The molecule has 1 heterocycles. The SMILES string of the molecule is CC1(C)CCC(CNCCNc2ccc(C(=O)NS(=O)(=O)c3ccc(NC[C@H]4CC[C@H](O)CC4)c([N+](C)([O-])O)c3)c(Oc3ccc4[nH]ccc4c3)c2)=C(c2ccc(Cl)cc2)C1. The Kier molecular flexibility index (Phi) is 13.4. The second kappa shape index (κ2) is 18.6. The monoisotopic (exact) mass is 870 g/mol. The number of carbonyl (C=O) groups excluding carboxylic acids is 1. The van der Waals surface area contributed by atoms with Crippen LogP contribution in [0.25, 0.3) is 16.5 Å². The van der Waals surface area contributed by atoms with Crippen molar-refractivity contribution >= 4 is 61.1 Å². The molecule has 0 saturated heterocycles. The summed E-state index contributed by atoms with van der Waals surface area (Å²) in [6, 6.07) is 24.0. The first-order chi connectivity index (χ1) is 29.0. The molecule has 5 aromatic rings. The van der Waals surface area contributed by atoms with Crippen LogP contribution in [-0.2, 0) is 10.0 Å². The number of rotatable bonds is 16. The average molecular weight is 872 g/mol. The summed E-state index contributed by atoms with van der Waals surface area (Å²) in [6.07, 6.45) is 7.57. The largest absolute Gasteiger partial charge is 0.593 e. The molecule has 2 aliphatic carbocycles. The van der Waals surface area contributed by atoms with E-state index in [1.807, 2.05) is 36.5 Å². The van der Waals surface area contributed by atoms with Gasteiger partial charge in [-0.15, -0.1) is 0 Å². The highest BCUT2D eigenvalue weighted by Crippen LogP contribution is 2.43. The summed E-state index contributed by atoms with van der Waals surface area (Å²) in [5.74, 6) is -0.138. The van der Waals surface area contributed by atoms with E-state index in [0.29, 0.717) is 48.9 Å². The summed E-state index contributed by atoms with van der Waals surface area (Å²) in [7, 11) is -3.57. The van der Waals surface area contributed by atoms with Gasteiger partial charge in [-0.1, -0.05) is 43.2 Å². The Labute approximate surface area is 362 Å². The topological polar surface area (TPSA) is 188 Å². The Morgan fingerprint density at radius 2 is 1.74 bits per heavy atom. The van der Waals surface area contributed by atoms with Gasteiger partial charge in [0.15, 0.2) is 5.69 Å². The Morgan fingerprint density at radius 1 is 0.967 bits per heavy atom. The second-order valence-electron chi connectivity index (χ2n) is 17.1. The third kappa shape index (κ3) is 11.3. The predicted octanol–water partition coefficient (Wildman–Crippen LogP) is 9.18. The van der Waals surface area contributed by atoms with Gasteiger partial charge in [-0.25, -0.2) is 18.3 Å². The fourth-order valence-electron chi connectivity index (χ4n) is 8.16. The number of H-pyrrole nitrogens is 1. The summed E-state index contributed by atoms with van der Waals surface area (Å²) >= 11 is 6.19. The quantitative estimate of drug-likeness (QED) is 0.0286. The number of hydrogen-bond donors (Lipinski definition) is 7. The minimum atomic E-state index is -4.54. The number of anilines is 2. The molecule has 13 nitrogen and oxygen atoms in total. The van der Waals surface area contributed by atoms with Crippen LogP contribution in [0, 0.1) is 16.5 Å². The first kappa shape index (κ1) is 44.1. The number of hydroxylamine groups is 2. The first-order valence-corrected chi connectivity index (χ1v) is 22.6. The number of fused-ring (bicyclic) bond motifs is 1. The van der Waals surface area contributed by atoms with Crippen LogP contribution in [-0.4, -0.2) is 69.0 Å². The number of halogens is 1. The van der Waals surface area contributed by atoms with Crippen molar-refractivity contribution in [2.75, 3.05) is 43.9 Å². The number of hydrogen-bond acceptors (Lipinski definition) is 10. The standard InChI is InChI=1S/C46H55ClN6O7S/c1-46(2)20-18-33(40(27-46)31-6-8-34(47)9-7-31)29-48-22-23-49-35-10-15-39(44(25-35)60-37-13-16-41-32(24-37)19-21-50-41)45(55)52-61(58,59)38-14-17-42(43(26-38)53(3,56)57)51-28-30-4-11-36(54)12-5-30/h6-10,13-17,19,21,24-26,30,36,48-51,54,56H,4-5,11-12,18,20,22-23,27-29H2,1-3H3,(H,52,55)/t30-,36-. The molecule has 1 saturated carbocycles. The lowest BCUT2D eigenvalue weighted by Crippen LogP contribution is -2.35. The van der Waals surface area contributed by atoms with E-state index < -0.39 is 20.7 Å². The zero-order chi connectivity index (χ0) is 43.4. The van der Waals surface area contributed by atoms with Gasteiger partial charge in [0.25, 0.3) is 15.9 Å². The van der Waals surface area contributed by atoms with Crippen LogP contribution < -0.4 is 30.2 Å². The number of amides is 1. The Balaban J connectivity index is 1.06. The normalized spacial score (nSPS) is 19.0. The van der Waals surface area contributed by atoms with Gasteiger partial charge >= 0.3 is 0 Å². The van der Waals surface area contributed by atoms with E-state index in [0.717, 1.165) is 62.7 Å². The van der Waals surface area contributed by atoms with Gasteiger partial charge in [-0.3, -0.25) is 4.79 Å². The third-order valence-corrected chi connectivity index (χ3v) is 13.3. The lowest BCUT2D eigenvalue weighted by Gasteiger charge is -2.34. The van der Waals surface area contributed by atoms with Crippen molar-refractivity contribution in [3.63, 3.8) is 0 Å². The molecule has 1 aromatic heterocycles. The number of benzene rings is 4. The smallest absolute Gasteiger partial charge is 0.268 e. The van der Waals surface area contributed by atoms with Gasteiger partial charge in [-0.05, 0) is 128 Å². The molecule has 0 bridgehead atoms. The van der Waals surface area contributed by atoms with Crippen LogP contribution in [0.1, 0.15) is 74.7 Å². The molecule has 7 rings (SSSR count). The van der Waals surface area contributed by atoms with Gasteiger partial charge in [0, 0.05) is 66.1 Å². The van der Waals surface area contributed by atoms with E-state index in [-0.39, 0.29) is 45.0 Å². The molecule has 324 valence electrons. The molecule has 4 aromatic carbocycles. The maximum absolute atomic E-state index is 13.9. The fourth-order valence-corrected chi connectivity index (χ4v) is 9.27. The van der Waals surface area contributed by atoms with Crippen molar-refractivity contribution in [1.29, 1.82) is 0 Å². The molecule has 0 spiro atoms. The zero-order valence-corrected chi connectivity index (χ0v) is 36.3. The van der Waals surface area contributed by atoms with Crippen molar-refractivity contribution < 1.29 is 28.3 Å². The molecular weight excluding hydrogens is 816 g/mol. The Hall–Kier alpha value is -4.93. The third-order valence-electron chi connectivity index (χ3n) is 11.7. The number of allylic oxidation sites excluding steroid dienone is 1. The van der Waals surface area contributed by atoms with Crippen LogP contribution in [0.2, 0.25) is 5.02 Å². The molecular formula is C46H55ClN6O7S. The summed E-state index contributed by atoms with van der Waals surface area (Å²) < 4.78 is 35.9. The number of ether oxygens (including phenoxy) is 1. The maximum Gasteiger partial charge on any atom is 0.268 e.